The van der Waals surface area contributed by atoms with Crippen molar-refractivity contribution >= 4 is 17.8 Å². The standard InChI is InChI=1S/C19H29N3O4/c1-13-7-8-15(25-6)11-16(13)20-17(23)22-10-9-21(12-14(22)2)18(24)26-19(3,4)5/h7-8,11,14H,9-10,12H2,1-6H3,(H,20,23)/t14-/m0/s1. The number of rotatable bonds is 2. The van der Waals surface area contributed by atoms with Crippen molar-refractivity contribution in [3.8, 4) is 5.75 Å². The Bertz CT molecular complexity index is 669. The van der Waals surface area contributed by atoms with Gasteiger partial charge in [-0.15, -0.1) is 0 Å². The van der Waals surface area contributed by atoms with Crippen LogP contribution in [0.3, 0.4) is 0 Å². The van der Waals surface area contributed by atoms with Gasteiger partial charge < -0.3 is 24.6 Å². The van der Waals surface area contributed by atoms with Gasteiger partial charge in [0.2, 0.25) is 0 Å². The van der Waals surface area contributed by atoms with Crippen LogP contribution in [0.1, 0.15) is 33.3 Å². The van der Waals surface area contributed by atoms with Gasteiger partial charge in [0, 0.05) is 37.4 Å². The lowest BCUT2D eigenvalue weighted by Crippen LogP contribution is -2.57. The molecule has 144 valence electrons. The van der Waals surface area contributed by atoms with E-state index in [4.69, 9.17) is 9.47 Å². The predicted molar refractivity (Wildman–Crippen MR) is 101 cm³/mol. The summed E-state index contributed by atoms with van der Waals surface area (Å²) < 4.78 is 10.6. The van der Waals surface area contributed by atoms with Gasteiger partial charge in [-0.2, -0.15) is 0 Å². The third-order valence-corrected chi connectivity index (χ3v) is 4.23. The van der Waals surface area contributed by atoms with E-state index in [0.717, 1.165) is 11.3 Å². The van der Waals surface area contributed by atoms with E-state index in [9.17, 15) is 9.59 Å². The molecule has 0 bridgehead atoms. The van der Waals surface area contributed by atoms with Crippen LogP contribution in [0.2, 0.25) is 0 Å². The van der Waals surface area contributed by atoms with Gasteiger partial charge in [-0.1, -0.05) is 6.07 Å². The molecular formula is C19H29N3O4. The number of aryl methyl sites for hydroxylation is 1. The molecule has 3 amide bonds. The van der Waals surface area contributed by atoms with E-state index in [1.807, 2.05) is 46.8 Å². The maximum atomic E-state index is 12.7. The van der Waals surface area contributed by atoms with E-state index >= 15 is 0 Å². The van der Waals surface area contributed by atoms with Gasteiger partial charge in [0.25, 0.3) is 0 Å². The summed E-state index contributed by atoms with van der Waals surface area (Å²) >= 11 is 0. The quantitative estimate of drug-likeness (QED) is 0.873. The molecule has 1 fully saturated rings. The molecule has 1 saturated heterocycles. The fourth-order valence-corrected chi connectivity index (χ4v) is 2.80. The number of benzene rings is 1. The summed E-state index contributed by atoms with van der Waals surface area (Å²) in [5.74, 6) is 0.689. The van der Waals surface area contributed by atoms with E-state index in [-0.39, 0.29) is 18.2 Å². The van der Waals surface area contributed by atoms with Crippen LogP contribution >= 0.6 is 0 Å². The summed E-state index contributed by atoms with van der Waals surface area (Å²) in [4.78, 5) is 28.3. The van der Waals surface area contributed by atoms with Gasteiger partial charge in [-0.25, -0.2) is 9.59 Å². The number of carbonyl (C=O) groups excluding carboxylic acids is 2. The first kappa shape index (κ1) is 19.9. The topological polar surface area (TPSA) is 71.1 Å². The van der Waals surface area contributed by atoms with E-state index in [1.165, 1.54) is 0 Å². The van der Waals surface area contributed by atoms with E-state index in [2.05, 4.69) is 5.32 Å². The number of ether oxygens (including phenoxy) is 2. The van der Waals surface area contributed by atoms with Crippen LogP contribution in [0.4, 0.5) is 15.3 Å². The maximum Gasteiger partial charge on any atom is 0.410 e. The van der Waals surface area contributed by atoms with Crippen LogP contribution in [0.25, 0.3) is 0 Å². The van der Waals surface area contributed by atoms with Gasteiger partial charge in [-0.3, -0.25) is 0 Å². The Hall–Kier alpha value is -2.44. The monoisotopic (exact) mass is 363 g/mol. The Morgan fingerprint density at radius 3 is 2.50 bits per heavy atom. The highest BCUT2D eigenvalue weighted by Gasteiger charge is 2.32. The lowest BCUT2D eigenvalue weighted by atomic mass is 10.2. The first-order chi connectivity index (χ1) is 12.1. The largest absolute Gasteiger partial charge is 0.497 e. The number of carbonyl (C=O) groups is 2. The molecule has 1 aliphatic rings. The summed E-state index contributed by atoms with van der Waals surface area (Å²) in [5.41, 5.74) is 1.15. The summed E-state index contributed by atoms with van der Waals surface area (Å²) in [7, 11) is 1.59. The highest BCUT2D eigenvalue weighted by atomic mass is 16.6. The zero-order valence-electron chi connectivity index (χ0n) is 16.5. The third kappa shape index (κ3) is 5.03. The number of methoxy groups -OCH3 is 1. The minimum atomic E-state index is -0.529. The number of urea groups is 1. The first-order valence-electron chi connectivity index (χ1n) is 8.81. The molecule has 26 heavy (non-hydrogen) atoms. The summed E-state index contributed by atoms with van der Waals surface area (Å²) in [6, 6.07) is 5.26. The average Bonchev–Trinajstić information content (AvgIpc) is 2.55. The van der Waals surface area contributed by atoms with Gasteiger partial charge >= 0.3 is 12.1 Å². The fourth-order valence-electron chi connectivity index (χ4n) is 2.80. The molecule has 0 spiro atoms. The van der Waals surface area contributed by atoms with Crippen molar-refractivity contribution in [3.05, 3.63) is 23.8 Å². The molecule has 0 unspecified atom stereocenters. The zero-order valence-corrected chi connectivity index (χ0v) is 16.5. The molecule has 1 N–H and O–H groups in total. The second-order valence-electron chi connectivity index (χ2n) is 7.58. The molecule has 1 aromatic rings. The van der Waals surface area contributed by atoms with Crippen LogP contribution in [-0.4, -0.2) is 60.3 Å². The van der Waals surface area contributed by atoms with E-state index < -0.39 is 5.60 Å². The lowest BCUT2D eigenvalue weighted by Gasteiger charge is -2.40. The average molecular weight is 363 g/mol. The molecule has 1 aromatic carbocycles. The minimum absolute atomic E-state index is 0.109. The summed E-state index contributed by atoms with van der Waals surface area (Å²) in [6.45, 7) is 10.7. The fraction of sp³-hybridized carbons (Fsp3) is 0.579. The molecule has 1 heterocycles. The number of nitrogens with one attached hydrogen (secondary N) is 1. The Morgan fingerprint density at radius 1 is 1.23 bits per heavy atom. The van der Waals surface area contributed by atoms with Crippen LogP contribution in [0, 0.1) is 6.92 Å². The SMILES string of the molecule is COc1ccc(C)c(NC(=O)N2CCN(C(=O)OC(C)(C)C)C[C@@H]2C)c1. The number of anilines is 1. The Morgan fingerprint density at radius 2 is 1.92 bits per heavy atom. The third-order valence-electron chi connectivity index (χ3n) is 4.23. The second-order valence-corrected chi connectivity index (χ2v) is 7.58. The smallest absolute Gasteiger partial charge is 0.410 e. The Labute approximate surface area is 155 Å². The highest BCUT2D eigenvalue weighted by molar-refractivity contribution is 5.90. The Kier molecular flexibility index (Phi) is 6.00. The lowest BCUT2D eigenvalue weighted by molar-refractivity contribution is 0.0112. The second kappa shape index (κ2) is 7.85. The van der Waals surface area contributed by atoms with Crippen molar-refractivity contribution in [1.29, 1.82) is 0 Å². The molecule has 0 aliphatic carbocycles. The van der Waals surface area contributed by atoms with Gasteiger partial charge in [0.15, 0.2) is 0 Å². The molecule has 7 heteroatoms. The molecule has 2 rings (SSSR count). The van der Waals surface area contributed by atoms with Crippen molar-refractivity contribution in [2.45, 2.75) is 46.3 Å². The van der Waals surface area contributed by atoms with Crippen LogP contribution in [0.5, 0.6) is 5.75 Å². The molecule has 7 nitrogen and oxygen atoms in total. The van der Waals surface area contributed by atoms with Gasteiger partial charge in [0.1, 0.15) is 11.4 Å². The maximum absolute atomic E-state index is 12.7. The summed E-state index contributed by atoms with van der Waals surface area (Å²) in [5, 5.41) is 2.94. The van der Waals surface area contributed by atoms with Crippen LogP contribution in [-0.2, 0) is 4.74 Å². The van der Waals surface area contributed by atoms with E-state index in [0.29, 0.717) is 25.4 Å². The van der Waals surface area contributed by atoms with Gasteiger partial charge in [-0.05, 0) is 46.2 Å². The van der Waals surface area contributed by atoms with Crippen LogP contribution in [0.15, 0.2) is 18.2 Å². The number of nitrogens with zero attached hydrogens (tertiary/aromatic N) is 2. The normalized spacial score (nSPS) is 17.7. The van der Waals surface area contributed by atoms with Crippen molar-refractivity contribution in [2.75, 3.05) is 32.1 Å². The number of hydrogen-bond acceptors (Lipinski definition) is 4. The van der Waals surface area contributed by atoms with Crippen molar-refractivity contribution in [3.63, 3.8) is 0 Å². The number of amides is 3. The highest BCUT2D eigenvalue weighted by Crippen LogP contribution is 2.23. The zero-order chi connectivity index (χ0) is 19.5. The van der Waals surface area contributed by atoms with Gasteiger partial charge in [0.05, 0.1) is 7.11 Å². The molecular weight excluding hydrogens is 334 g/mol. The molecule has 0 radical (unpaired) electrons. The van der Waals surface area contributed by atoms with Crippen LogP contribution < -0.4 is 10.1 Å². The van der Waals surface area contributed by atoms with Crippen molar-refractivity contribution < 1.29 is 19.1 Å². The Balaban J connectivity index is 1.99. The first-order valence-corrected chi connectivity index (χ1v) is 8.81. The number of hydrogen-bond donors (Lipinski definition) is 1. The molecule has 0 aromatic heterocycles. The molecule has 1 aliphatic heterocycles. The molecule has 1 atom stereocenters. The predicted octanol–water partition coefficient (Wildman–Crippen LogP) is 3.48. The number of piperazine rings is 1. The molecule has 0 saturated carbocycles. The summed E-state index contributed by atoms with van der Waals surface area (Å²) in [6.07, 6.45) is -0.340. The van der Waals surface area contributed by atoms with Crippen molar-refractivity contribution in [2.24, 2.45) is 0 Å². The van der Waals surface area contributed by atoms with Crippen molar-refractivity contribution in [1.82, 2.24) is 9.80 Å². The van der Waals surface area contributed by atoms with E-state index in [1.54, 1.807) is 23.0 Å². The minimum Gasteiger partial charge on any atom is -0.497 e.